The summed E-state index contributed by atoms with van der Waals surface area (Å²) in [4.78, 5) is 16.6. The molecule has 1 N–H and O–H groups in total. The average molecular weight is 473 g/mol. The first-order valence-electron chi connectivity index (χ1n) is 12.7. The monoisotopic (exact) mass is 472 g/mol. The highest BCUT2D eigenvalue weighted by Crippen LogP contribution is 2.52. The molecule has 3 aromatic rings. The van der Waals surface area contributed by atoms with Crippen LogP contribution in [0.1, 0.15) is 59.9 Å². The van der Waals surface area contributed by atoms with Crippen molar-refractivity contribution >= 4 is 5.91 Å². The molecule has 182 valence electrons. The van der Waals surface area contributed by atoms with Gasteiger partial charge < -0.3 is 15.0 Å². The molecule has 7 nitrogen and oxygen atoms in total. The average Bonchev–Trinajstić information content (AvgIpc) is 3.45. The van der Waals surface area contributed by atoms with Gasteiger partial charge in [0.2, 0.25) is 0 Å². The molecule has 2 bridgehead atoms. The van der Waals surface area contributed by atoms with Crippen LogP contribution in [0.4, 0.5) is 0 Å². The summed E-state index contributed by atoms with van der Waals surface area (Å²) >= 11 is 0. The fraction of sp³-hybridized carbons (Fsp3) is 0.464. The Kier molecular flexibility index (Phi) is 5.60. The zero-order valence-corrected chi connectivity index (χ0v) is 20.3. The van der Waals surface area contributed by atoms with E-state index in [1.54, 1.807) is 0 Å². The second kappa shape index (κ2) is 8.79. The lowest BCUT2D eigenvalue weighted by atomic mass is 9.64. The van der Waals surface area contributed by atoms with Crippen molar-refractivity contribution in [2.75, 3.05) is 0 Å². The molecular weight excluding hydrogens is 440 g/mol. The number of carbonyl (C=O) groups excluding carboxylic acids is 1. The molecular formula is C28H32N4O3. The maximum atomic E-state index is 14.4. The molecule has 2 aromatic carbocycles. The smallest absolute Gasteiger partial charge is 0.258 e. The van der Waals surface area contributed by atoms with Gasteiger partial charge in [0.15, 0.2) is 0 Å². The Morgan fingerprint density at radius 2 is 1.94 bits per heavy atom. The third-order valence-electron chi connectivity index (χ3n) is 8.51. The summed E-state index contributed by atoms with van der Waals surface area (Å²) in [6, 6.07) is 19.2. The zero-order valence-electron chi connectivity index (χ0n) is 20.3. The number of hydrogen-bond acceptors (Lipinski definition) is 6. The lowest BCUT2D eigenvalue weighted by molar-refractivity contribution is -0.0113. The molecule has 0 radical (unpaired) electrons. The van der Waals surface area contributed by atoms with Crippen LogP contribution in [0.5, 0.6) is 5.75 Å². The van der Waals surface area contributed by atoms with Gasteiger partial charge in [-0.2, -0.15) is 0 Å². The van der Waals surface area contributed by atoms with Crippen molar-refractivity contribution in [1.29, 1.82) is 0 Å². The normalized spacial score (nSPS) is 29.3. The van der Waals surface area contributed by atoms with Crippen LogP contribution >= 0.6 is 0 Å². The van der Waals surface area contributed by atoms with Gasteiger partial charge in [-0.3, -0.25) is 4.79 Å². The van der Waals surface area contributed by atoms with Gasteiger partial charge in [0.1, 0.15) is 23.7 Å². The van der Waals surface area contributed by atoms with Crippen molar-refractivity contribution in [2.24, 2.45) is 5.41 Å². The number of para-hydroxylation sites is 1. The van der Waals surface area contributed by atoms with Crippen LogP contribution in [0, 0.1) is 12.3 Å². The second-order valence-electron chi connectivity index (χ2n) is 10.5. The van der Waals surface area contributed by atoms with Crippen LogP contribution in [-0.4, -0.2) is 45.3 Å². The van der Waals surface area contributed by atoms with Crippen molar-refractivity contribution in [3.05, 3.63) is 77.1 Å². The molecule has 1 amide bonds. The summed E-state index contributed by atoms with van der Waals surface area (Å²) in [6.45, 7) is 4.42. The molecule has 1 aliphatic carbocycles. The Balaban J connectivity index is 1.35. The number of hydrogen-bond donors (Lipinski definition) is 1. The standard InChI is InChI=1S/C28H32N4O3/c1-18-22(31-35-30-18)17-34-24-12-7-6-11-20(24)27(33)32-23(15-19-9-4-3-5-10-19)21-16-28(2)25(29-21)13-8-14-26(28)32/h3-7,9-12,21,23,25-26,29H,8,13-17H2,1-2H3/t21-,23+,25-,26+,28-/m0/s1. The van der Waals surface area contributed by atoms with Gasteiger partial charge in [-0.15, -0.1) is 0 Å². The number of aromatic nitrogens is 2. The largest absolute Gasteiger partial charge is 0.486 e. The Labute approximate surface area is 205 Å². The van der Waals surface area contributed by atoms with Crippen molar-refractivity contribution in [3.63, 3.8) is 0 Å². The minimum atomic E-state index is 0.0572. The van der Waals surface area contributed by atoms with E-state index >= 15 is 0 Å². The number of amides is 1. The van der Waals surface area contributed by atoms with Crippen molar-refractivity contribution in [1.82, 2.24) is 20.5 Å². The number of piperidine rings is 1. The summed E-state index contributed by atoms with van der Waals surface area (Å²) in [6.07, 6.45) is 5.35. The number of carbonyl (C=O) groups is 1. The highest BCUT2D eigenvalue weighted by atomic mass is 16.6. The minimum Gasteiger partial charge on any atom is -0.486 e. The van der Waals surface area contributed by atoms with E-state index in [1.165, 1.54) is 12.0 Å². The summed E-state index contributed by atoms with van der Waals surface area (Å²) in [5.74, 6) is 0.628. The molecule has 3 fully saturated rings. The number of ether oxygens (including phenoxy) is 1. The van der Waals surface area contributed by atoms with E-state index < -0.39 is 0 Å². The minimum absolute atomic E-state index is 0.0572. The first kappa shape index (κ1) is 22.3. The molecule has 3 heterocycles. The second-order valence-corrected chi connectivity index (χ2v) is 10.5. The van der Waals surface area contributed by atoms with E-state index in [-0.39, 0.29) is 30.0 Å². The Morgan fingerprint density at radius 1 is 1.14 bits per heavy atom. The summed E-state index contributed by atoms with van der Waals surface area (Å²) in [5, 5.41) is 11.7. The molecule has 1 saturated carbocycles. The van der Waals surface area contributed by atoms with E-state index in [1.807, 2.05) is 37.3 Å². The lowest BCUT2D eigenvalue weighted by Gasteiger charge is -2.53. The zero-order chi connectivity index (χ0) is 24.0. The van der Waals surface area contributed by atoms with Crippen LogP contribution < -0.4 is 10.1 Å². The molecule has 7 heteroatoms. The molecule has 2 saturated heterocycles. The van der Waals surface area contributed by atoms with Crippen LogP contribution in [-0.2, 0) is 13.0 Å². The fourth-order valence-electron chi connectivity index (χ4n) is 6.70. The summed E-state index contributed by atoms with van der Waals surface area (Å²) in [5.41, 5.74) is 3.30. The molecule has 3 aliphatic rings. The number of nitrogens with zero attached hydrogens (tertiary/aromatic N) is 3. The van der Waals surface area contributed by atoms with Gasteiger partial charge in [0.25, 0.3) is 5.91 Å². The molecule has 0 unspecified atom stereocenters. The van der Waals surface area contributed by atoms with Gasteiger partial charge in [-0.1, -0.05) is 59.7 Å². The van der Waals surface area contributed by atoms with Gasteiger partial charge in [0.05, 0.1) is 11.6 Å². The number of benzene rings is 2. The number of rotatable bonds is 6. The number of aryl methyl sites for hydroxylation is 1. The van der Waals surface area contributed by atoms with E-state index in [2.05, 4.69) is 51.7 Å². The highest BCUT2D eigenvalue weighted by molar-refractivity contribution is 5.97. The van der Waals surface area contributed by atoms with Crippen LogP contribution in [0.3, 0.4) is 0 Å². The number of likely N-dealkylation sites (tertiary alicyclic amines) is 1. The van der Waals surface area contributed by atoms with Gasteiger partial charge in [0, 0.05) is 23.5 Å². The topological polar surface area (TPSA) is 80.5 Å². The molecule has 35 heavy (non-hydrogen) atoms. The first-order chi connectivity index (χ1) is 17.0. The maximum Gasteiger partial charge on any atom is 0.258 e. The molecule has 1 aromatic heterocycles. The predicted octanol–water partition coefficient (Wildman–Crippen LogP) is 4.31. The van der Waals surface area contributed by atoms with Crippen LogP contribution in [0.2, 0.25) is 0 Å². The Hall–Kier alpha value is -3.19. The van der Waals surface area contributed by atoms with Crippen molar-refractivity contribution in [3.8, 4) is 5.75 Å². The molecule has 5 atom stereocenters. The van der Waals surface area contributed by atoms with Gasteiger partial charge in [-0.05, 0) is 56.7 Å². The van der Waals surface area contributed by atoms with E-state index in [0.29, 0.717) is 34.8 Å². The molecule has 6 rings (SSSR count). The molecule has 2 aliphatic heterocycles. The quantitative estimate of drug-likeness (QED) is 0.576. The van der Waals surface area contributed by atoms with Gasteiger partial charge in [-0.25, -0.2) is 4.63 Å². The van der Waals surface area contributed by atoms with E-state index in [9.17, 15) is 4.79 Å². The number of nitrogens with one attached hydrogen (secondary N) is 1. The van der Waals surface area contributed by atoms with Crippen molar-refractivity contribution < 1.29 is 14.2 Å². The van der Waals surface area contributed by atoms with Crippen molar-refractivity contribution in [2.45, 2.75) is 76.7 Å². The van der Waals surface area contributed by atoms with Crippen LogP contribution in [0.15, 0.2) is 59.2 Å². The SMILES string of the molecule is Cc1nonc1COc1ccccc1C(=O)N1[C@H](Cc2ccccc2)[C@@H]2C[C@@]3(C)[C@H](CCC[C@@H]13)N2. The number of fused-ring (bicyclic) bond motifs is 1. The predicted molar refractivity (Wildman–Crippen MR) is 131 cm³/mol. The fourth-order valence-corrected chi connectivity index (χ4v) is 6.70. The lowest BCUT2D eigenvalue weighted by Crippen LogP contribution is -2.62. The van der Waals surface area contributed by atoms with Crippen LogP contribution in [0.25, 0.3) is 0 Å². The van der Waals surface area contributed by atoms with E-state index in [4.69, 9.17) is 9.37 Å². The maximum absolute atomic E-state index is 14.4. The van der Waals surface area contributed by atoms with E-state index in [0.717, 1.165) is 25.7 Å². The Bertz CT molecular complexity index is 1210. The Morgan fingerprint density at radius 3 is 2.74 bits per heavy atom. The van der Waals surface area contributed by atoms with Gasteiger partial charge >= 0.3 is 0 Å². The summed E-state index contributed by atoms with van der Waals surface area (Å²) in [7, 11) is 0. The molecule has 0 spiro atoms. The highest BCUT2D eigenvalue weighted by Gasteiger charge is 2.60. The first-order valence-corrected chi connectivity index (χ1v) is 12.7. The summed E-state index contributed by atoms with van der Waals surface area (Å²) < 4.78 is 10.9. The third kappa shape index (κ3) is 3.82. The third-order valence-corrected chi connectivity index (χ3v) is 8.51.